The number of aromatic amines is 1. The molecule has 1 aliphatic heterocycles. The monoisotopic (exact) mass is 419 g/mol. The minimum atomic E-state index is 0.363. The van der Waals surface area contributed by atoms with Crippen molar-refractivity contribution in [2.75, 3.05) is 13.1 Å². The van der Waals surface area contributed by atoms with Crippen LogP contribution < -0.4 is 4.74 Å². The van der Waals surface area contributed by atoms with Crippen LogP contribution in [0.3, 0.4) is 0 Å². The normalized spacial score (nSPS) is 17.0. The first-order valence-electron chi connectivity index (χ1n) is 11.3. The lowest BCUT2D eigenvalue weighted by Gasteiger charge is -2.15. The third kappa shape index (κ3) is 5.50. The molecule has 0 radical (unpaired) electrons. The number of ether oxygens (including phenoxy) is 1. The highest BCUT2D eigenvalue weighted by molar-refractivity contribution is 5.29. The Morgan fingerprint density at radius 1 is 1.06 bits per heavy atom. The average Bonchev–Trinajstić information content (AvgIpc) is 3.42. The van der Waals surface area contributed by atoms with Crippen LogP contribution in [-0.2, 0) is 13.2 Å². The van der Waals surface area contributed by atoms with Gasteiger partial charge in [-0.1, -0.05) is 39.8 Å². The van der Waals surface area contributed by atoms with Gasteiger partial charge in [0.05, 0.1) is 11.4 Å². The molecule has 6 heteroatoms. The first-order chi connectivity index (χ1) is 15.0. The summed E-state index contributed by atoms with van der Waals surface area (Å²) >= 11 is 0. The van der Waals surface area contributed by atoms with E-state index < -0.39 is 0 Å². The second-order valence-corrected chi connectivity index (χ2v) is 9.16. The van der Waals surface area contributed by atoms with Crippen molar-refractivity contribution in [1.29, 1.82) is 0 Å². The van der Waals surface area contributed by atoms with Crippen LogP contribution in [0.1, 0.15) is 80.2 Å². The highest BCUT2D eigenvalue weighted by Crippen LogP contribution is 2.27. The number of nitrogens with one attached hydrogen (secondary N) is 1. The van der Waals surface area contributed by atoms with Crippen molar-refractivity contribution in [3.63, 3.8) is 0 Å². The zero-order chi connectivity index (χ0) is 21.8. The molecule has 3 aromatic rings. The summed E-state index contributed by atoms with van der Waals surface area (Å²) in [6, 6.07) is 10.5. The molecule has 0 aliphatic carbocycles. The lowest BCUT2D eigenvalue weighted by molar-refractivity contribution is 0.301. The zero-order valence-corrected chi connectivity index (χ0v) is 19.0. The molecule has 4 rings (SSSR count). The molecule has 1 aromatic carbocycles. The maximum atomic E-state index is 5.93. The quantitative estimate of drug-likeness (QED) is 0.556. The number of hydrogen-bond acceptors (Lipinski definition) is 5. The number of aromatic nitrogens is 4. The minimum absolute atomic E-state index is 0.363. The van der Waals surface area contributed by atoms with E-state index >= 15 is 0 Å². The van der Waals surface area contributed by atoms with E-state index in [1.807, 2.05) is 24.5 Å². The van der Waals surface area contributed by atoms with E-state index in [0.717, 1.165) is 49.0 Å². The lowest BCUT2D eigenvalue weighted by atomic mass is 10.0. The van der Waals surface area contributed by atoms with Crippen LogP contribution in [0.25, 0.3) is 0 Å². The third-order valence-corrected chi connectivity index (χ3v) is 5.93. The molecule has 0 saturated carbocycles. The Hall–Kier alpha value is -2.73. The van der Waals surface area contributed by atoms with Gasteiger partial charge in [-0.25, -0.2) is 9.97 Å². The summed E-state index contributed by atoms with van der Waals surface area (Å²) < 4.78 is 5.93. The summed E-state index contributed by atoms with van der Waals surface area (Å²) in [5.74, 6) is 3.14. The predicted molar refractivity (Wildman–Crippen MR) is 122 cm³/mol. The van der Waals surface area contributed by atoms with Gasteiger partial charge in [-0.15, -0.1) is 0 Å². The predicted octanol–water partition coefficient (Wildman–Crippen LogP) is 5.02. The topological polar surface area (TPSA) is 66.9 Å². The highest BCUT2D eigenvalue weighted by Gasteiger charge is 2.26. The van der Waals surface area contributed by atoms with E-state index in [4.69, 9.17) is 4.74 Å². The van der Waals surface area contributed by atoms with Crippen molar-refractivity contribution in [3.8, 4) is 5.75 Å². The van der Waals surface area contributed by atoms with Crippen LogP contribution in [0.4, 0.5) is 0 Å². The van der Waals surface area contributed by atoms with Gasteiger partial charge in [-0.3, -0.25) is 10.00 Å². The van der Waals surface area contributed by atoms with Gasteiger partial charge in [0.25, 0.3) is 0 Å². The molecule has 0 spiro atoms. The molecule has 6 nitrogen and oxygen atoms in total. The molecule has 2 aromatic heterocycles. The number of benzene rings is 1. The number of hydrogen-bond donors (Lipinski definition) is 1. The SMILES string of the molecule is CC(C)c1ccc(OCc2cc([C@@H]3CCN(Cc4cnc(C(C)C)nc4)C3)n[nH]2)cc1. The molecule has 0 bridgehead atoms. The molecule has 1 atom stereocenters. The second kappa shape index (κ2) is 9.60. The van der Waals surface area contributed by atoms with Crippen molar-refractivity contribution >= 4 is 0 Å². The van der Waals surface area contributed by atoms with Gasteiger partial charge >= 0.3 is 0 Å². The molecule has 1 aliphatic rings. The first kappa shape index (κ1) is 21.5. The first-order valence-corrected chi connectivity index (χ1v) is 11.3. The van der Waals surface area contributed by atoms with Crippen molar-refractivity contribution < 1.29 is 4.74 Å². The Morgan fingerprint density at radius 2 is 1.81 bits per heavy atom. The molecular formula is C25H33N5O. The van der Waals surface area contributed by atoms with Gasteiger partial charge in [-0.2, -0.15) is 5.10 Å². The molecule has 3 heterocycles. The van der Waals surface area contributed by atoms with Crippen LogP contribution in [-0.4, -0.2) is 38.2 Å². The lowest BCUT2D eigenvalue weighted by Crippen LogP contribution is -2.20. The maximum absolute atomic E-state index is 5.93. The van der Waals surface area contributed by atoms with Crippen molar-refractivity contribution in [1.82, 2.24) is 25.1 Å². The van der Waals surface area contributed by atoms with Gasteiger partial charge in [0, 0.05) is 42.9 Å². The van der Waals surface area contributed by atoms with Gasteiger partial charge in [0.2, 0.25) is 0 Å². The fraction of sp³-hybridized carbons (Fsp3) is 0.480. The summed E-state index contributed by atoms with van der Waals surface area (Å²) in [5.41, 5.74) is 4.63. The smallest absolute Gasteiger partial charge is 0.130 e. The van der Waals surface area contributed by atoms with E-state index in [1.54, 1.807) is 0 Å². The van der Waals surface area contributed by atoms with Crippen LogP contribution in [0.15, 0.2) is 42.7 Å². The summed E-state index contributed by atoms with van der Waals surface area (Å²) in [5, 5.41) is 7.71. The van der Waals surface area contributed by atoms with Gasteiger partial charge in [0.15, 0.2) is 0 Å². The standard InChI is InChI=1S/C25H33N5O/c1-17(2)20-5-7-23(8-6-20)31-16-22-11-24(29-28-22)21-9-10-30(15-21)14-19-12-26-25(18(3)4)27-13-19/h5-8,11-13,17-18,21H,9-10,14-16H2,1-4H3,(H,28,29)/t21-/m1/s1. The minimum Gasteiger partial charge on any atom is -0.487 e. The highest BCUT2D eigenvalue weighted by atomic mass is 16.5. The largest absolute Gasteiger partial charge is 0.487 e. The Balaban J connectivity index is 1.28. The fourth-order valence-electron chi connectivity index (χ4n) is 3.99. The Morgan fingerprint density at radius 3 is 2.48 bits per heavy atom. The van der Waals surface area contributed by atoms with E-state index in [9.17, 15) is 0 Å². The third-order valence-electron chi connectivity index (χ3n) is 5.93. The van der Waals surface area contributed by atoms with Gasteiger partial charge in [-0.05, 0) is 42.6 Å². The van der Waals surface area contributed by atoms with Crippen LogP contribution in [0, 0.1) is 0 Å². The Kier molecular flexibility index (Phi) is 6.66. The molecule has 31 heavy (non-hydrogen) atoms. The summed E-state index contributed by atoms with van der Waals surface area (Å²) in [6.45, 7) is 12.1. The molecular weight excluding hydrogens is 386 g/mol. The summed E-state index contributed by atoms with van der Waals surface area (Å²) in [7, 11) is 0. The molecule has 0 amide bonds. The number of H-pyrrole nitrogens is 1. The summed E-state index contributed by atoms with van der Waals surface area (Å²) in [4.78, 5) is 11.4. The molecule has 0 unspecified atom stereocenters. The molecule has 1 fully saturated rings. The molecule has 1 saturated heterocycles. The van der Waals surface area contributed by atoms with Crippen LogP contribution >= 0.6 is 0 Å². The second-order valence-electron chi connectivity index (χ2n) is 9.16. The van der Waals surface area contributed by atoms with Gasteiger partial charge < -0.3 is 4.74 Å². The van der Waals surface area contributed by atoms with E-state index in [-0.39, 0.29) is 0 Å². The van der Waals surface area contributed by atoms with E-state index in [0.29, 0.717) is 24.4 Å². The van der Waals surface area contributed by atoms with E-state index in [1.165, 1.54) is 11.1 Å². The van der Waals surface area contributed by atoms with E-state index in [2.05, 4.69) is 71.0 Å². The number of likely N-dealkylation sites (tertiary alicyclic amines) is 1. The maximum Gasteiger partial charge on any atom is 0.130 e. The number of nitrogens with zero attached hydrogens (tertiary/aromatic N) is 4. The fourth-order valence-corrected chi connectivity index (χ4v) is 3.99. The molecule has 164 valence electrons. The van der Waals surface area contributed by atoms with Crippen molar-refractivity contribution in [2.45, 2.75) is 65.0 Å². The zero-order valence-electron chi connectivity index (χ0n) is 19.0. The van der Waals surface area contributed by atoms with Crippen LogP contribution in [0.5, 0.6) is 5.75 Å². The summed E-state index contributed by atoms with van der Waals surface area (Å²) in [6.07, 6.45) is 5.05. The molecule has 1 N–H and O–H groups in total. The van der Waals surface area contributed by atoms with Crippen molar-refractivity contribution in [2.24, 2.45) is 0 Å². The van der Waals surface area contributed by atoms with Crippen molar-refractivity contribution in [3.05, 3.63) is 71.1 Å². The Labute approximate surface area is 185 Å². The number of rotatable bonds is 8. The van der Waals surface area contributed by atoms with Gasteiger partial charge in [0.1, 0.15) is 18.2 Å². The van der Waals surface area contributed by atoms with Crippen LogP contribution in [0.2, 0.25) is 0 Å². The average molecular weight is 420 g/mol. The Bertz CT molecular complexity index is 962.